The Morgan fingerprint density at radius 3 is 2.44 bits per heavy atom. The summed E-state index contributed by atoms with van der Waals surface area (Å²) in [5.74, 6) is -1.84. The van der Waals surface area contributed by atoms with Crippen LogP contribution in [0.1, 0.15) is 45.1 Å². The average Bonchev–Trinajstić information content (AvgIpc) is 2.93. The van der Waals surface area contributed by atoms with Crippen molar-refractivity contribution in [3.8, 4) is 0 Å². The van der Waals surface area contributed by atoms with Crippen molar-refractivity contribution in [3.63, 3.8) is 0 Å². The Balaban J connectivity index is 1.94. The van der Waals surface area contributed by atoms with Gasteiger partial charge in [-0.3, -0.25) is 14.4 Å². The Bertz CT molecular complexity index is 639. The zero-order valence-electron chi connectivity index (χ0n) is 15.0. The Kier molecular flexibility index (Phi) is 6.17. The second-order valence-corrected chi connectivity index (χ2v) is 7.03. The quantitative estimate of drug-likeness (QED) is 0.742. The minimum atomic E-state index is -0.894. The number of rotatable bonds is 7. The van der Waals surface area contributed by atoms with Crippen LogP contribution in [-0.2, 0) is 14.4 Å². The van der Waals surface area contributed by atoms with Gasteiger partial charge in [-0.2, -0.15) is 0 Å². The van der Waals surface area contributed by atoms with Crippen LogP contribution in [0.3, 0.4) is 0 Å². The molecule has 0 bridgehead atoms. The van der Waals surface area contributed by atoms with Gasteiger partial charge in [0.05, 0.1) is 0 Å². The lowest BCUT2D eigenvalue weighted by Crippen LogP contribution is -2.38. The second kappa shape index (κ2) is 8.14. The molecular weight excluding hydrogens is 320 g/mol. The molecule has 2 amide bonds. The van der Waals surface area contributed by atoms with E-state index in [1.807, 2.05) is 24.3 Å². The van der Waals surface area contributed by atoms with E-state index in [9.17, 15) is 14.4 Å². The maximum atomic E-state index is 12.6. The van der Waals surface area contributed by atoms with Crippen LogP contribution in [0.15, 0.2) is 24.3 Å². The predicted molar refractivity (Wildman–Crippen MR) is 95.4 cm³/mol. The number of hydrogen-bond donors (Lipinski definition) is 2. The van der Waals surface area contributed by atoms with Crippen LogP contribution < -0.4 is 10.2 Å². The Morgan fingerprint density at radius 2 is 1.88 bits per heavy atom. The van der Waals surface area contributed by atoms with Gasteiger partial charge < -0.3 is 15.3 Å². The van der Waals surface area contributed by atoms with E-state index in [-0.39, 0.29) is 30.7 Å². The first-order valence-electron chi connectivity index (χ1n) is 8.70. The summed E-state index contributed by atoms with van der Waals surface area (Å²) >= 11 is 0. The number of carboxylic acid groups (broad SMARTS) is 1. The molecule has 1 heterocycles. The fourth-order valence-electron chi connectivity index (χ4n) is 2.99. The summed E-state index contributed by atoms with van der Waals surface area (Å²) in [5, 5.41) is 11.5. The standard InChI is InChI=1S/C19H26N2O4/c1-12(2)14-4-6-15(7-5-14)21-9-8-16(19(21)25)18(24)20-11-13(3)10-17(22)23/h4-7,12-13,16H,8-11H2,1-3H3,(H,20,24)(H,22,23). The summed E-state index contributed by atoms with van der Waals surface area (Å²) in [6.45, 7) is 6.76. The smallest absolute Gasteiger partial charge is 0.303 e. The number of nitrogens with zero attached hydrogens (tertiary/aromatic N) is 1. The predicted octanol–water partition coefficient (Wildman–Crippen LogP) is 2.39. The zero-order valence-corrected chi connectivity index (χ0v) is 15.0. The largest absolute Gasteiger partial charge is 0.481 e. The molecule has 136 valence electrons. The molecule has 25 heavy (non-hydrogen) atoms. The number of carbonyl (C=O) groups excluding carboxylic acids is 2. The summed E-state index contributed by atoms with van der Waals surface area (Å²) in [7, 11) is 0. The number of carbonyl (C=O) groups is 3. The Morgan fingerprint density at radius 1 is 1.24 bits per heavy atom. The van der Waals surface area contributed by atoms with Crippen LogP contribution in [0.4, 0.5) is 5.69 Å². The molecule has 1 aromatic carbocycles. The van der Waals surface area contributed by atoms with Crippen molar-refractivity contribution in [2.45, 2.75) is 39.5 Å². The van der Waals surface area contributed by atoms with E-state index in [1.54, 1.807) is 11.8 Å². The summed E-state index contributed by atoms with van der Waals surface area (Å²) in [5.41, 5.74) is 2.01. The highest BCUT2D eigenvalue weighted by atomic mass is 16.4. The highest BCUT2D eigenvalue weighted by Gasteiger charge is 2.37. The molecule has 0 spiro atoms. The van der Waals surface area contributed by atoms with E-state index in [0.717, 1.165) is 5.69 Å². The van der Waals surface area contributed by atoms with Gasteiger partial charge in [0.25, 0.3) is 0 Å². The maximum absolute atomic E-state index is 12.6. The summed E-state index contributed by atoms with van der Waals surface area (Å²) in [6.07, 6.45) is 0.469. The molecule has 0 radical (unpaired) electrons. The van der Waals surface area contributed by atoms with Gasteiger partial charge in [-0.1, -0.05) is 32.9 Å². The summed E-state index contributed by atoms with van der Waals surface area (Å²) < 4.78 is 0. The fraction of sp³-hybridized carbons (Fsp3) is 0.526. The molecule has 1 aliphatic heterocycles. The number of aliphatic carboxylic acids is 1. The molecule has 1 saturated heterocycles. The van der Waals surface area contributed by atoms with Crippen molar-refractivity contribution in [1.82, 2.24) is 5.32 Å². The second-order valence-electron chi connectivity index (χ2n) is 7.03. The molecule has 1 aromatic rings. The summed E-state index contributed by atoms with van der Waals surface area (Å²) in [4.78, 5) is 37.1. The normalized spacial score (nSPS) is 18.5. The molecule has 0 aromatic heterocycles. The molecular formula is C19H26N2O4. The van der Waals surface area contributed by atoms with Gasteiger partial charge in [0.1, 0.15) is 5.92 Å². The van der Waals surface area contributed by atoms with Gasteiger partial charge in [-0.15, -0.1) is 0 Å². The lowest BCUT2D eigenvalue weighted by molar-refractivity contribution is -0.138. The SMILES string of the molecule is CC(CNC(=O)C1CCN(c2ccc(C(C)C)cc2)C1=O)CC(=O)O. The monoisotopic (exact) mass is 346 g/mol. The number of nitrogens with one attached hydrogen (secondary N) is 1. The first-order chi connectivity index (χ1) is 11.8. The first-order valence-corrected chi connectivity index (χ1v) is 8.70. The summed E-state index contributed by atoms with van der Waals surface area (Å²) in [6, 6.07) is 7.85. The van der Waals surface area contributed by atoms with Crippen molar-refractivity contribution in [2.24, 2.45) is 11.8 Å². The third-order valence-electron chi connectivity index (χ3n) is 4.54. The Labute approximate surface area is 148 Å². The zero-order chi connectivity index (χ0) is 18.6. The van der Waals surface area contributed by atoms with Gasteiger partial charge in [0.2, 0.25) is 11.8 Å². The van der Waals surface area contributed by atoms with Crippen LogP contribution >= 0.6 is 0 Å². The molecule has 1 fully saturated rings. The molecule has 2 atom stereocenters. The van der Waals surface area contributed by atoms with Gasteiger partial charge in [-0.25, -0.2) is 0 Å². The number of anilines is 1. The molecule has 0 aliphatic carbocycles. The lowest BCUT2D eigenvalue weighted by atomic mass is 10.0. The highest BCUT2D eigenvalue weighted by molar-refractivity contribution is 6.09. The van der Waals surface area contributed by atoms with Crippen LogP contribution in [0.25, 0.3) is 0 Å². The van der Waals surface area contributed by atoms with Crippen molar-refractivity contribution in [2.75, 3.05) is 18.0 Å². The third kappa shape index (κ3) is 4.81. The van der Waals surface area contributed by atoms with Crippen LogP contribution in [0.2, 0.25) is 0 Å². The Hall–Kier alpha value is -2.37. The molecule has 1 aliphatic rings. The van der Waals surface area contributed by atoms with Crippen molar-refractivity contribution in [1.29, 1.82) is 0 Å². The van der Waals surface area contributed by atoms with E-state index in [2.05, 4.69) is 19.2 Å². The third-order valence-corrected chi connectivity index (χ3v) is 4.54. The van der Waals surface area contributed by atoms with E-state index < -0.39 is 11.9 Å². The number of carboxylic acids is 1. The van der Waals surface area contributed by atoms with E-state index >= 15 is 0 Å². The van der Waals surface area contributed by atoms with E-state index in [1.165, 1.54) is 5.56 Å². The molecule has 6 heteroatoms. The molecule has 6 nitrogen and oxygen atoms in total. The number of hydrogen-bond acceptors (Lipinski definition) is 3. The van der Waals surface area contributed by atoms with E-state index in [4.69, 9.17) is 5.11 Å². The van der Waals surface area contributed by atoms with Crippen LogP contribution in [0.5, 0.6) is 0 Å². The average molecular weight is 346 g/mol. The van der Waals surface area contributed by atoms with Gasteiger partial charge >= 0.3 is 5.97 Å². The molecule has 2 N–H and O–H groups in total. The number of benzene rings is 1. The van der Waals surface area contributed by atoms with Gasteiger partial charge in [-0.05, 0) is 36.0 Å². The number of amides is 2. The minimum absolute atomic E-state index is 0.00673. The highest BCUT2D eigenvalue weighted by Crippen LogP contribution is 2.27. The van der Waals surface area contributed by atoms with Gasteiger partial charge in [0.15, 0.2) is 0 Å². The van der Waals surface area contributed by atoms with Crippen LogP contribution in [0, 0.1) is 11.8 Å². The van der Waals surface area contributed by atoms with Crippen molar-refractivity contribution < 1.29 is 19.5 Å². The van der Waals surface area contributed by atoms with Crippen molar-refractivity contribution >= 4 is 23.5 Å². The molecule has 2 rings (SSSR count). The van der Waals surface area contributed by atoms with Crippen molar-refractivity contribution in [3.05, 3.63) is 29.8 Å². The first kappa shape index (κ1) is 19.0. The molecule has 0 saturated carbocycles. The fourth-order valence-corrected chi connectivity index (χ4v) is 2.99. The minimum Gasteiger partial charge on any atom is -0.481 e. The van der Waals surface area contributed by atoms with E-state index in [0.29, 0.717) is 18.9 Å². The lowest BCUT2D eigenvalue weighted by Gasteiger charge is -2.18. The van der Waals surface area contributed by atoms with Gasteiger partial charge in [0, 0.05) is 25.2 Å². The topological polar surface area (TPSA) is 86.7 Å². The maximum Gasteiger partial charge on any atom is 0.303 e. The molecule has 2 unspecified atom stereocenters. The van der Waals surface area contributed by atoms with Crippen LogP contribution in [-0.4, -0.2) is 36.0 Å².